The molecule has 1 amide bonds. The molecule has 0 spiro atoms. The van der Waals surface area contributed by atoms with Crippen molar-refractivity contribution in [1.29, 1.82) is 0 Å². The van der Waals surface area contributed by atoms with E-state index in [-0.39, 0.29) is 30.4 Å². The highest BCUT2D eigenvalue weighted by Gasteiger charge is 2.17. The monoisotopic (exact) mass is 426 g/mol. The molecule has 28 heavy (non-hydrogen) atoms. The Kier molecular flexibility index (Phi) is 7.32. The number of rotatable bonds is 7. The summed E-state index contributed by atoms with van der Waals surface area (Å²) in [6.07, 6.45) is -0.136. The molecule has 0 bridgehead atoms. The summed E-state index contributed by atoms with van der Waals surface area (Å²) in [5.74, 6) is -0.674. The lowest BCUT2D eigenvalue weighted by Gasteiger charge is -2.19. The van der Waals surface area contributed by atoms with Crippen LogP contribution in [-0.2, 0) is 11.2 Å². The molecule has 2 rings (SSSR count). The molecule has 7 heteroatoms. The number of benzene rings is 2. The fraction of sp³-hybridized carbons (Fsp3) is 0.381. The maximum atomic E-state index is 14.2. The molecule has 0 radical (unpaired) electrons. The first-order valence-corrected chi connectivity index (χ1v) is 9.75. The molecule has 0 aliphatic carbocycles. The first kappa shape index (κ1) is 22.5. The van der Waals surface area contributed by atoms with E-state index in [0.29, 0.717) is 21.4 Å². The van der Waals surface area contributed by atoms with Crippen LogP contribution >= 0.6 is 23.2 Å². The molecule has 0 fully saturated rings. The van der Waals surface area contributed by atoms with Crippen molar-refractivity contribution in [3.05, 3.63) is 57.3 Å². The lowest BCUT2D eigenvalue weighted by Crippen LogP contribution is -2.38. The highest BCUT2D eigenvalue weighted by molar-refractivity contribution is 6.36. The first-order valence-electron chi connectivity index (χ1n) is 9.00. The molecule has 0 heterocycles. The van der Waals surface area contributed by atoms with Gasteiger partial charge in [0.25, 0.3) is 0 Å². The average Bonchev–Trinajstić information content (AvgIpc) is 2.57. The number of carbonyl (C=O) groups excluding carboxylic acids is 1. The third kappa shape index (κ3) is 6.36. The van der Waals surface area contributed by atoms with Crippen LogP contribution in [-0.4, -0.2) is 23.2 Å². The third-order valence-electron chi connectivity index (χ3n) is 4.09. The largest absolute Gasteiger partial charge is 0.389 e. The van der Waals surface area contributed by atoms with Crippen LogP contribution in [0.15, 0.2) is 30.3 Å². The highest BCUT2D eigenvalue weighted by Crippen LogP contribution is 2.36. The lowest BCUT2D eigenvalue weighted by molar-refractivity contribution is -0.121. The van der Waals surface area contributed by atoms with E-state index in [0.717, 1.165) is 5.56 Å². The number of halogens is 3. The van der Waals surface area contributed by atoms with Gasteiger partial charge in [0.2, 0.25) is 5.91 Å². The summed E-state index contributed by atoms with van der Waals surface area (Å²) in [4.78, 5) is 12.1. The Morgan fingerprint density at radius 2 is 1.89 bits per heavy atom. The minimum absolute atomic E-state index is 0.0868. The molecule has 4 nitrogen and oxygen atoms in total. The molecule has 0 aliphatic rings. The van der Waals surface area contributed by atoms with Crippen LogP contribution < -0.4 is 10.6 Å². The van der Waals surface area contributed by atoms with Gasteiger partial charge in [0.15, 0.2) is 0 Å². The second kappa shape index (κ2) is 9.12. The van der Waals surface area contributed by atoms with Crippen molar-refractivity contribution < 1.29 is 14.3 Å². The van der Waals surface area contributed by atoms with Gasteiger partial charge in [0, 0.05) is 17.3 Å². The predicted octanol–water partition coefficient (Wildman–Crippen LogP) is 5.43. The number of anilines is 2. The molecule has 0 saturated heterocycles. The van der Waals surface area contributed by atoms with Crippen LogP contribution in [0.4, 0.5) is 15.8 Å². The van der Waals surface area contributed by atoms with Crippen LogP contribution in [0, 0.1) is 5.82 Å². The van der Waals surface area contributed by atoms with Crippen LogP contribution in [0.5, 0.6) is 0 Å². The van der Waals surface area contributed by atoms with E-state index in [9.17, 15) is 14.3 Å². The van der Waals surface area contributed by atoms with Crippen molar-refractivity contribution in [2.45, 2.75) is 45.6 Å². The number of hydrogen-bond acceptors (Lipinski definition) is 3. The van der Waals surface area contributed by atoms with Crippen molar-refractivity contribution in [3.8, 4) is 0 Å². The molecule has 0 atom stereocenters. The van der Waals surface area contributed by atoms with Gasteiger partial charge in [-0.2, -0.15) is 0 Å². The van der Waals surface area contributed by atoms with Crippen LogP contribution in [0.1, 0.15) is 44.7 Å². The molecule has 0 aliphatic heterocycles. The second-order valence-electron chi connectivity index (χ2n) is 7.70. The van der Waals surface area contributed by atoms with E-state index in [4.69, 9.17) is 23.2 Å². The van der Waals surface area contributed by atoms with Crippen molar-refractivity contribution in [2.24, 2.45) is 0 Å². The third-order valence-corrected chi connectivity index (χ3v) is 4.61. The molecule has 0 unspecified atom stereocenters. The number of amides is 1. The van der Waals surface area contributed by atoms with Crippen LogP contribution in [0.25, 0.3) is 0 Å². The van der Waals surface area contributed by atoms with Gasteiger partial charge < -0.3 is 15.7 Å². The van der Waals surface area contributed by atoms with Gasteiger partial charge in [-0.15, -0.1) is 0 Å². The Balaban J connectivity index is 2.23. The summed E-state index contributed by atoms with van der Waals surface area (Å²) in [6, 6.07) is 7.96. The molecular weight excluding hydrogens is 402 g/mol. The smallest absolute Gasteiger partial charge is 0.224 e. The first-order chi connectivity index (χ1) is 13.0. The molecule has 2 aromatic carbocycles. The van der Waals surface area contributed by atoms with Gasteiger partial charge in [-0.05, 0) is 61.2 Å². The maximum absolute atomic E-state index is 14.2. The number of nitrogens with one attached hydrogen (secondary N) is 2. The Morgan fingerprint density at radius 1 is 1.21 bits per heavy atom. The lowest BCUT2D eigenvalue weighted by atomic mass is 10.0. The van der Waals surface area contributed by atoms with Crippen molar-refractivity contribution in [3.63, 3.8) is 0 Å². The van der Waals surface area contributed by atoms with E-state index in [1.807, 2.05) is 19.9 Å². The van der Waals surface area contributed by atoms with Crippen LogP contribution in [0.3, 0.4) is 0 Å². The molecule has 2 aromatic rings. The van der Waals surface area contributed by atoms with E-state index in [1.165, 1.54) is 6.07 Å². The molecule has 0 saturated carbocycles. The Morgan fingerprint density at radius 3 is 2.50 bits per heavy atom. The second-order valence-corrected chi connectivity index (χ2v) is 8.55. The summed E-state index contributed by atoms with van der Waals surface area (Å²) in [5.41, 5.74) is 1.46. The van der Waals surface area contributed by atoms with Gasteiger partial charge in [0.1, 0.15) is 5.82 Å². The predicted molar refractivity (Wildman–Crippen MR) is 113 cm³/mol. The standard InChI is InChI=1S/C21H25Cl2FN2O2/c1-12(2)16-9-14(22)10-17(23)20(16)26-15-5-6-18(24)13(7-15)8-19(27)25-11-21(3,4)28/h5-7,9-10,12,26,28H,8,11H2,1-4H3,(H,25,27). The zero-order valence-electron chi connectivity index (χ0n) is 16.4. The van der Waals surface area contributed by atoms with Gasteiger partial charge in [-0.25, -0.2) is 4.39 Å². The summed E-state index contributed by atoms with van der Waals surface area (Å²) in [5, 5.41) is 16.5. The number of carbonyl (C=O) groups is 1. The van der Waals surface area contributed by atoms with Crippen molar-refractivity contribution in [1.82, 2.24) is 5.32 Å². The molecule has 152 valence electrons. The van der Waals surface area contributed by atoms with E-state index in [1.54, 1.807) is 32.0 Å². The van der Waals surface area contributed by atoms with Crippen molar-refractivity contribution >= 4 is 40.5 Å². The Hall–Kier alpha value is -1.82. The van der Waals surface area contributed by atoms with Gasteiger partial charge in [0.05, 0.1) is 22.7 Å². The van der Waals surface area contributed by atoms with E-state index < -0.39 is 11.4 Å². The average molecular weight is 427 g/mol. The minimum atomic E-state index is -1.03. The summed E-state index contributed by atoms with van der Waals surface area (Å²) in [6.45, 7) is 7.30. The van der Waals surface area contributed by atoms with Gasteiger partial charge >= 0.3 is 0 Å². The SMILES string of the molecule is CC(C)c1cc(Cl)cc(Cl)c1Nc1ccc(F)c(CC(=O)NCC(C)(C)O)c1. The zero-order valence-corrected chi connectivity index (χ0v) is 17.9. The summed E-state index contributed by atoms with van der Waals surface area (Å²) >= 11 is 12.5. The Labute approximate surface area is 175 Å². The fourth-order valence-electron chi connectivity index (χ4n) is 2.66. The summed E-state index contributed by atoms with van der Waals surface area (Å²) < 4.78 is 14.2. The summed E-state index contributed by atoms with van der Waals surface area (Å²) in [7, 11) is 0. The van der Waals surface area contributed by atoms with E-state index >= 15 is 0 Å². The Bertz CT molecular complexity index is 864. The topological polar surface area (TPSA) is 61.4 Å². The fourth-order valence-corrected chi connectivity index (χ4v) is 3.22. The molecule has 0 aromatic heterocycles. The zero-order chi connectivity index (χ0) is 21.1. The van der Waals surface area contributed by atoms with Gasteiger partial charge in [-0.3, -0.25) is 4.79 Å². The quantitative estimate of drug-likeness (QED) is 0.552. The number of hydrogen-bond donors (Lipinski definition) is 3. The minimum Gasteiger partial charge on any atom is -0.389 e. The van der Waals surface area contributed by atoms with Gasteiger partial charge in [-0.1, -0.05) is 37.0 Å². The normalized spacial score (nSPS) is 11.6. The molecule has 3 N–H and O–H groups in total. The number of aliphatic hydroxyl groups is 1. The van der Waals surface area contributed by atoms with E-state index in [2.05, 4.69) is 10.6 Å². The van der Waals surface area contributed by atoms with Crippen molar-refractivity contribution in [2.75, 3.05) is 11.9 Å². The maximum Gasteiger partial charge on any atom is 0.224 e. The molecular formula is C21H25Cl2FN2O2. The highest BCUT2D eigenvalue weighted by atomic mass is 35.5. The van der Waals surface area contributed by atoms with Crippen LogP contribution in [0.2, 0.25) is 10.0 Å².